The first-order valence-electron chi connectivity index (χ1n) is 6.98. The van der Waals surface area contributed by atoms with E-state index < -0.39 is 0 Å². The minimum Gasteiger partial charge on any atom is -0.289 e. The monoisotopic (exact) mass is 282 g/mol. The van der Waals surface area contributed by atoms with Crippen molar-refractivity contribution >= 4 is 5.78 Å². The lowest BCUT2D eigenvalue weighted by Crippen LogP contribution is -2.24. The standard InChI is InChI=1S/C16H18N4O/c1-20-11-14(10-18-20)15(21)8-7-13-9-17-19-16(13)12-5-3-2-4-6-12/h2-8,10-11,13,16-17,19H,9H2,1H3/b8-7+. The van der Waals surface area contributed by atoms with E-state index in [9.17, 15) is 4.79 Å². The van der Waals surface area contributed by atoms with E-state index in [1.54, 1.807) is 30.2 Å². The third kappa shape index (κ3) is 3.09. The van der Waals surface area contributed by atoms with Gasteiger partial charge >= 0.3 is 0 Å². The van der Waals surface area contributed by atoms with Crippen LogP contribution in [0.15, 0.2) is 54.9 Å². The molecular weight excluding hydrogens is 264 g/mol. The van der Waals surface area contributed by atoms with Gasteiger partial charge in [-0.3, -0.25) is 14.9 Å². The van der Waals surface area contributed by atoms with Crippen LogP contribution in [0.4, 0.5) is 0 Å². The smallest absolute Gasteiger partial charge is 0.188 e. The van der Waals surface area contributed by atoms with Gasteiger partial charge in [-0.05, 0) is 11.6 Å². The van der Waals surface area contributed by atoms with Crippen molar-refractivity contribution in [2.24, 2.45) is 13.0 Å². The average molecular weight is 282 g/mol. The number of nitrogens with one attached hydrogen (secondary N) is 2. The van der Waals surface area contributed by atoms with Crippen LogP contribution in [0.1, 0.15) is 22.0 Å². The second-order valence-electron chi connectivity index (χ2n) is 5.20. The molecule has 5 nitrogen and oxygen atoms in total. The van der Waals surface area contributed by atoms with Crippen LogP contribution in [-0.2, 0) is 7.05 Å². The number of hydrazine groups is 1. The topological polar surface area (TPSA) is 59.0 Å². The lowest BCUT2D eigenvalue weighted by atomic mass is 9.94. The fourth-order valence-corrected chi connectivity index (χ4v) is 2.54. The Morgan fingerprint density at radius 3 is 2.90 bits per heavy atom. The maximum atomic E-state index is 12.1. The lowest BCUT2D eigenvalue weighted by Gasteiger charge is -2.15. The van der Waals surface area contributed by atoms with Crippen LogP contribution < -0.4 is 10.9 Å². The summed E-state index contributed by atoms with van der Waals surface area (Å²) in [5, 5.41) is 4.02. The van der Waals surface area contributed by atoms with E-state index in [1.165, 1.54) is 5.56 Å². The number of carbonyl (C=O) groups is 1. The summed E-state index contributed by atoms with van der Waals surface area (Å²) < 4.78 is 1.63. The summed E-state index contributed by atoms with van der Waals surface area (Å²) in [6.07, 6.45) is 6.94. The molecule has 2 heterocycles. The Kier molecular flexibility index (Phi) is 3.94. The molecule has 2 N–H and O–H groups in total. The molecule has 1 fully saturated rings. The van der Waals surface area contributed by atoms with Gasteiger partial charge in [-0.1, -0.05) is 36.4 Å². The van der Waals surface area contributed by atoms with Gasteiger partial charge in [0.2, 0.25) is 0 Å². The summed E-state index contributed by atoms with van der Waals surface area (Å²) in [4.78, 5) is 12.1. The van der Waals surface area contributed by atoms with Gasteiger partial charge in [-0.25, -0.2) is 5.43 Å². The highest BCUT2D eigenvalue weighted by atomic mass is 16.1. The fourth-order valence-electron chi connectivity index (χ4n) is 2.54. The van der Waals surface area contributed by atoms with Crippen LogP contribution in [0, 0.1) is 5.92 Å². The zero-order chi connectivity index (χ0) is 14.7. The van der Waals surface area contributed by atoms with Gasteiger partial charge in [-0.2, -0.15) is 5.10 Å². The van der Waals surface area contributed by atoms with Gasteiger partial charge in [0.05, 0.1) is 17.8 Å². The van der Waals surface area contributed by atoms with Crippen molar-refractivity contribution in [2.75, 3.05) is 6.54 Å². The molecule has 108 valence electrons. The predicted octanol–water partition coefficient (Wildman–Crippen LogP) is 1.62. The number of nitrogens with zero attached hydrogens (tertiary/aromatic N) is 2. The normalized spacial score (nSPS) is 22.0. The maximum absolute atomic E-state index is 12.1. The number of aromatic nitrogens is 2. The number of rotatable bonds is 4. The summed E-state index contributed by atoms with van der Waals surface area (Å²) in [5.41, 5.74) is 8.25. The highest BCUT2D eigenvalue weighted by Crippen LogP contribution is 2.25. The maximum Gasteiger partial charge on any atom is 0.188 e. The van der Waals surface area contributed by atoms with Gasteiger partial charge in [-0.15, -0.1) is 0 Å². The molecule has 2 aromatic rings. The van der Waals surface area contributed by atoms with Crippen molar-refractivity contribution in [1.82, 2.24) is 20.6 Å². The number of carbonyl (C=O) groups excluding carboxylic acids is 1. The number of aryl methyl sites for hydroxylation is 1. The Morgan fingerprint density at radius 2 is 2.19 bits per heavy atom. The molecule has 0 radical (unpaired) electrons. The number of hydrogen-bond donors (Lipinski definition) is 2. The largest absolute Gasteiger partial charge is 0.289 e. The summed E-state index contributed by atoms with van der Waals surface area (Å²) in [7, 11) is 1.80. The fraction of sp³-hybridized carbons (Fsp3) is 0.250. The molecule has 0 bridgehead atoms. The van der Waals surface area contributed by atoms with E-state index in [2.05, 4.69) is 28.1 Å². The Bertz CT molecular complexity index is 647. The highest BCUT2D eigenvalue weighted by Gasteiger charge is 2.26. The van der Waals surface area contributed by atoms with Gasteiger partial charge in [0, 0.05) is 25.7 Å². The van der Waals surface area contributed by atoms with E-state index >= 15 is 0 Å². The van der Waals surface area contributed by atoms with Crippen molar-refractivity contribution < 1.29 is 4.79 Å². The minimum absolute atomic E-state index is 0.0122. The average Bonchev–Trinajstić information content (AvgIpc) is 3.14. The Morgan fingerprint density at radius 1 is 1.38 bits per heavy atom. The second kappa shape index (κ2) is 6.03. The summed E-state index contributed by atoms with van der Waals surface area (Å²) >= 11 is 0. The SMILES string of the molecule is Cn1cc(C(=O)/C=C/C2CNNC2c2ccccc2)cn1. The van der Waals surface area contributed by atoms with E-state index in [1.807, 2.05) is 24.3 Å². The summed E-state index contributed by atoms with van der Waals surface area (Å²) in [5.74, 6) is 0.231. The molecule has 2 unspecified atom stereocenters. The lowest BCUT2D eigenvalue weighted by molar-refractivity contribution is 0.104. The van der Waals surface area contributed by atoms with Crippen LogP contribution in [0.2, 0.25) is 0 Å². The molecule has 1 aromatic carbocycles. The van der Waals surface area contributed by atoms with Crippen LogP contribution in [0.5, 0.6) is 0 Å². The van der Waals surface area contributed by atoms with Crippen LogP contribution in [0.25, 0.3) is 0 Å². The van der Waals surface area contributed by atoms with E-state index in [0.717, 1.165) is 6.54 Å². The summed E-state index contributed by atoms with van der Waals surface area (Å²) in [6.45, 7) is 0.802. The van der Waals surface area contributed by atoms with E-state index in [4.69, 9.17) is 0 Å². The van der Waals surface area contributed by atoms with Crippen molar-refractivity contribution in [3.8, 4) is 0 Å². The molecule has 2 atom stereocenters. The van der Waals surface area contributed by atoms with Gasteiger partial charge < -0.3 is 0 Å². The number of allylic oxidation sites excluding steroid dienone is 1. The molecule has 0 saturated carbocycles. The quantitative estimate of drug-likeness (QED) is 0.661. The van der Waals surface area contributed by atoms with Gasteiger partial charge in [0.1, 0.15) is 0 Å². The summed E-state index contributed by atoms with van der Waals surface area (Å²) in [6, 6.07) is 10.4. The van der Waals surface area contributed by atoms with Crippen molar-refractivity contribution in [3.05, 3.63) is 66.0 Å². The van der Waals surface area contributed by atoms with Gasteiger partial charge in [0.25, 0.3) is 0 Å². The molecule has 1 aliphatic heterocycles. The molecule has 1 aromatic heterocycles. The van der Waals surface area contributed by atoms with E-state index in [-0.39, 0.29) is 17.7 Å². The van der Waals surface area contributed by atoms with Crippen LogP contribution >= 0.6 is 0 Å². The molecule has 1 aliphatic rings. The third-order valence-corrected chi connectivity index (χ3v) is 3.67. The number of ketones is 1. The van der Waals surface area contributed by atoms with Crippen molar-refractivity contribution in [1.29, 1.82) is 0 Å². The molecule has 21 heavy (non-hydrogen) atoms. The molecule has 0 amide bonds. The molecule has 3 rings (SSSR count). The first-order chi connectivity index (χ1) is 10.2. The number of hydrogen-bond acceptors (Lipinski definition) is 4. The first-order valence-corrected chi connectivity index (χ1v) is 6.98. The van der Waals surface area contributed by atoms with Gasteiger partial charge in [0.15, 0.2) is 5.78 Å². The first kappa shape index (κ1) is 13.7. The Labute approximate surface area is 123 Å². The van der Waals surface area contributed by atoms with Crippen molar-refractivity contribution in [2.45, 2.75) is 6.04 Å². The molecular formula is C16H18N4O. The zero-order valence-corrected chi connectivity index (χ0v) is 11.9. The molecule has 1 saturated heterocycles. The molecule has 0 spiro atoms. The predicted molar refractivity (Wildman–Crippen MR) is 80.5 cm³/mol. The highest BCUT2D eigenvalue weighted by molar-refractivity contribution is 6.04. The Hall–Kier alpha value is -2.24. The minimum atomic E-state index is -0.0122. The van der Waals surface area contributed by atoms with Crippen molar-refractivity contribution in [3.63, 3.8) is 0 Å². The second-order valence-corrected chi connectivity index (χ2v) is 5.20. The van der Waals surface area contributed by atoms with E-state index in [0.29, 0.717) is 5.56 Å². The van der Waals surface area contributed by atoms with Crippen LogP contribution in [0.3, 0.4) is 0 Å². The Balaban J connectivity index is 1.71. The number of benzene rings is 1. The molecule has 0 aliphatic carbocycles. The zero-order valence-electron chi connectivity index (χ0n) is 11.9. The molecule has 5 heteroatoms. The third-order valence-electron chi connectivity index (χ3n) is 3.67. The van der Waals surface area contributed by atoms with Crippen LogP contribution in [-0.4, -0.2) is 22.1 Å².